The summed E-state index contributed by atoms with van der Waals surface area (Å²) in [6.45, 7) is 1.88. The standard InChI is InChI=1S/C24H25NO7/c1-2-30-22(27)9-6-12-25-21(26)15-31-23(28)17-10-11-19-18(13-17)14-20(32-24(19)29)16-7-4-3-5-8-16/h3-5,7-8,10-11,13,20H,2,6,9,12,14-15H2,1H3,(H,25,26). The molecule has 8 nitrogen and oxygen atoms in total. The maximum atomic E-state index is 12.4. The quantitative estimate of drug-likeness (QED) is 0.364. The number of carbonyl (C=O) groups excluding carboxylic acids is 4. The number of nitrogens with one attached hydrogen (secondary N) is 1. The average molecular weight is 439 g/mol. The van der Waals surface area contributed by atoms with E-state index < -0.39 is 30.6 Å². The van der Waals surface area contributed by atoms with Gasteiger partial charge in [0, 0.05) is 19.4 Å². The molecule has 0 bridgehead atoms. The number of esters is 3. The van der Waals surface area contributed by atoms with E-state index in [-0.39, 0.29) is 24.5 Å². The van der Waals surface area contributed by atoms with Crippen molar-refractivity contribution in [1.29, 1.82) is 0 Å². The molecule has 0 saturated heterocycles. The van der Waals surface area contributed by atoms with Gasteiger partial charge in [0.1, 0.15) is 6.10 Å². The Morgan fingerprint density at radius 2 is 1.88 bits per heavy atom. The molecule has 3 rings (SSSR count). The summed E-state index contributed by atoms with van der Waals surface area (Å²) in [6, 6.07) is 14.0. The molecule has 2 aromatic carbocycles. The van der Waals surface area contributed by atoms with Crippen molar-refractivity contribution in [3.05, 3.63) is 70.8 Å². The second-order valence-electron chi connectivity index (χ2n) is 7.22. The van der Waals surface area contributed by atoms with Gasteiger partial charge in [0.15, 0.2) is 6.61 Å². The van der Waals surface area contributed by atoms with Crippen LogP contribution in [0.25, 0.3) is 0 Å². The highest BCUT2D eigenvalue weighted by atomic mass is 16.5. The van der Waals surface area contributed by atoms with Gasteiger partial charge in [0.2, 0.25) is 0 Å². The molecular formula is C24H25NO7. The van der Waals surface area contributed by atoms with Crippen LogP contribution in [0, 0.1) is 0 Å². The van der Waals surface area contributed by atoms with E-state index in [9.17, 15) is 19.2 Å². The molecule has 1 atom stereocenters. The number of ether oxygens (including phenoxy) is 3. The van der Waals surface area contributed by atoms with Gasteiger partial charge in [-0.1, -0.05) is 30.3 Å². The summed E-state index contributed by atoms with van der Waals surface area (Å²) in [6.07, 6.45) is 0.646. The first-order chi connectivity index (χ1) is 15.5. The number of fused-ring (bicyclic) bond motifs is 1. The van der Waals surface area contributed by atoms with Crippen molar-refractivity contribution in [3.63, 3.8) is 0 Å². The maximum Gasteiger partial charge on any atom is 0.339 e. The monoisotopic (exact) mass is 439 g/mol. The van der Waals surface area contributed by atoms with Crippen LogP contribution in [-0.2, 0) is 30.2 Å². The molecule has 1 aliphatic rings. The van der Waals surface area contributed by atoms with Crippen LogP contribution in [0.5, 0.6) is 0 Å². The molecule has 0 spiro atoms. The van der Waals surface area contributed by atoms with Crippen molar-refractivity contribution in [2.24, 2.45) is 0 Å². The summed E-state index contributed by atoms with van der Waals surface area (Å²) >= 11 is 0. The van der Waals surface area contributed by atoms with Crippen LogP contribution in [0.4, 0.5) is 0 Å². The van der Waals surface area contributed by atoms with Crippen LogP contribution in [-0.4, -0.2) is 43.6 Å². The van der Waals surface area contributed by atoms with Crippen molar-refractivity contribution >= 4 is 23.8 Å². The number of amides is 1. The molecular weight excluding hydrogens is 414 g/mol. The topological polar surface area (TPSA) is 108 Å². The molecule has 0 radical (unpaired) electrons. The first kappa shape index (κ1) is 23.0. The summed E-state index contributed by atoms with van der Waals surface area (Å²) in [7, 11) is 0. The fourth-order valence-electron chi connectivity index (χ4n) is 3.34. The second-order valence-corrected chi connectivity index (χ2v) is 7.22. The Labute approximate surface area is 185 Å². The molecule has 1 heterocycles. The Morgan fingerprint density at radius 3 is 2.62 bits per heavy atom. The molecule has 0 aromatic heterocycles. The van der Waals surface area contributed by atoms with Crippen LogP contribution in [0.2, 0.25) is 0 Å². The van der Waals surface area contributed by atoms with Crippen molar-refractivity contribution in [2.45, 2.75) is 32.3 Å². The van der Waals surface area contributed by atoms with Crippen LogP contribution in [0.3, 0.4) is 0 Å². The molecule has 0 aliphatic carbocycles. The SMILES string of the molecule is CCOC(=O)CCCNC(=O)COC(=O)c1ccc2c(c1)CC(c1ccccc1)OC2=O. The van der Waals surface area contributed by atoms with Gasteiger partial charge >= 0.3 is 17.9 Å². The van der Waals surface area contributed by atoms with Crippen LogP contribution < -0.4 is 5.32 Å². The third-order valence-electron chi connectivity index (χ3n) is 4.91. The van der Waals surface area contributed by atoms with E-state index in [0.29, 0.717) is 30.6 Å². The molecule has 1 amide bonds. The molecule has 1 N–H and O–H groups in total. The molecule has 0 fully saturated rings. The number of hydrogen-bond donors (Lipinski definition) is 1. The van der Waals surface area contributed by atoms with Gasteiger partial charge in [-0.05, 0) is 42.7 Å². The Hall–Kier alpha value is -3.68. The molecule has 1 aliphatic heterocycles. The normalized spacial score (nSPS) is 14.7. The summed E-state index contributed by atoms with van der Waals surface area (Å²) in [5, 5.41) is 2.58. The molecule has 0 saturated carbocycles. The minimum absolute atomic E-state index is 0.204. The van der Waals surface area contributed by atoms with E-state index in [2.05, 4.69) is 5.32 Å². The van der Waals surface area contributed by atoms with E-state index in [4.69, 9.17) is 14.2 Å². The first-order valence-electron chi connectivity index (χ1n) is 10.5. The van der Waals surface area contributed by atoms with E-state index in [1.807, 2.05) is 30.3 Å². The number of carbonyl (C=O) groups is 4. The Kier molecular flexibility index (Phi) is 7.96. The fourth-order valence-corrected chi connectivity index (χ4v) is 3.34. The summed E-state index contributed by atoms with van der Waals surface area (Å²) < 4.78 is 15.4. The van der Waals surface area contributed by atoms with Crippen molar-refractivity contribution in [1.82, 2.24) is 5.32 Å². The lowest BCUT2D eigenvalue weighted by Crippen LogP contribution is -2.30. The van der Waals surface area contributed by atoms with E-state index >= 15 is 0 Å². The zero-order valence-electron chi connectivity index (χ0n) is 17.8. The van der Waals surface area contributed by atoms with Crippen LogP contribution in [0.1, 0.15) is 57.7 Å². The number of cyclic esters (lactones) is 1. The number of hydrogen-bond acceptors (Lipinski definition) is 7. The Balaban J connectivity index is 1.52. The van der Waals surface area contributed by atoms with Gasteiger partial charge in [0.05, 0.1) is 17.7 Å². The third-order valence-corrected chi connectivity index (χ3v) is 4.91. The minimum atomic E-state index is -0.662. The third kappa shape index (κ3) is 6.16. The first-order valence-corrected chi connectivity index (χ1v) is 10.5. The van der Waals surface area contributed by atoms with E-state index in [0.717, 1.165) is 5.56 Å². The predicted molar refractivity (Wildman–Crippen MR) is 114 cm³/mol. The van der Waals surface area contributed by atoms with Gasteiger partial charge in [-0.3, -0.25) is 9.59 Å². The van der Waals surface area contributed by atoms with Crippen LogP contribution >= 0.6 is 0 Å². The summed E-state index contributed by atoms with van der Waals surface area (Å²) in [4.78, 5) is 47.8. The predicted octanol–water partition coefficient (Wildman–Crippen LogP) is 2.76. The molecule has 8 heteroatoms. The maximum absolute atomic E-state index is 12.4. The average Bonchev–Trinajstić information content (AvgIpc) is 2.80. The lowest BCUT2D eigenvalue weighted by Gasteiger charge is -2.25. The van der Waals surface area contributed by atoms with Gasteiger partial charge in [-0.2, -0.15) is 0 Å². The van der Waals surface area contributed by atoms with Crippen LogP contribution in [0.15, 0.2) is 48.5 Å². The minimum Gasteiger partial charge on any atom is -0.466 e. The molecule has 2 aromatic rings. The smallest absolute Gasteiger partial charge is 0.339 e. The van der Waals surface area contributed by atoms with Crippen molar-refractivity contribution in [3.8, 4) is 0 Å². The van der Waals surface area contributed by atoms with Crippen molar-refractivity contribution < 1.29 is 33.4 Å². The Morgan fingerprint density at radius 1 is 1.09 bits per heavy atom. The van der Waals surface area contributed by atoms with Gasteiger partial charge in [0.25, 0.3) is 5.91 Å². The Bertz CT molecular complexity index is 987. The van der Waals surface area contributed by atoms with E-state index in [1.165, 1.54) is 12.1 Å². The lowest BCUT2D eigenvalue weighted by molar-refractivity contribution is -0.143. The number of rotatable bonds is 9. The second kappa shape index (κ2) is 11.1. The van der Waals surface area contributed by atoms with Crippen molar-refractivity contribution in [2.75, 3.05) is 19.8 Å². The lowest BCUT2D eigenvalue weighted by atomic mass is 9.93. The summed E-state index contributed by atoms with van der Waals surface area (Å²) in [5.74, 6) is -1.89. The highest BCUT2D eigenvalue weighted by molar-refractivity contribution is 5.96. The van der Waals surface area contributed by atoms with E-state index in [1.54, 1.807) is 13.0 Å². The molecule has 168 valence electrons. The number of benzene rings is 2. The highest BCUT2D eigenvalue weighted by Crippen LogP contribution is 2.31. The zero-order chi connectivity index (χ0) is 22.9. The molecule has 32 heavy (non-hydrogen) atoms. The zero-order valence-corrected chi connectivity index (χ0v) is 17.8. The van der Waals surface area contributed by atoms with Gasteiger partial charge in [-0.25, -0.2) is 9.59 Å². The van der Waals surface area contributed by atoms with Gasteiger partial charge in [-0.15, -0.1) is 0 Å². The highest BCUT2D eigenvalue weighted by Gasteiger charge is 2.28. The largest absolute Gasteiger partial charge is 0.466 e. The summed E-state index contributed by atoms with van der Waals surface area (Å²) in [5.41, 5.74) is 2.22. The fraction of sp³-hybridized carbons (Fsp3) is 0.333. The van der Waals surface area contributed by atoms with Gasteiger partial charge < -0.3 is 19.5 Å². The molecule has 1 unspecified atom stereocenters.